The zero-order valence-electron chi connectivity index (χ0n) is 10.4. The van der Waals surface area contributed by atoms with E-state index in [2.05, 4.69) is 17.5 Å². The van der Waals surface area contributed by atoms with Crippen LogP contribution >= 0.6 is 0 Å². The van der Waals surface area contributed by atoms with Crippen LogP contribution in [0.15, 0.2) is 29.4 Å². The molecule has 0 bridgehead atoms. The van der Waals surface area contributed by atoms with Gasteiger partial charge in [-0.25, -0.2) is 9.82 Å². The third-order valence-corrected chi connectivity index (χ3v) is 3.18. The van der Waals surface area contributed by atoms with Crippen LogP contribution in [-0.4, -0.2) is 11.6 Å². The number of amides is 1. The van der Waals surface area contributed by atoms with Crippen molar-refractivity contribution in [1.82, 2.24) is 5.43 Å². The number of nitrogens with zero attached hydrogens (tertiary/aromatic N) is 1. The van der Waals surface area contributed by atoms with Gasteiger partial charge in [-0.3, -0.25) is 4.79 Å². The van der Waals surface area contributed by atoms with Crippen molar-refractivity contribution in [3.05, 3.63) is 35.6 Å². The zero-order chi connectivity index (χ0) is 13.0. The summed E-state index contributed by atoms with van der Waals surface area (Å²) in [4.78, 5) is 11.7. The van der Waals surface area contributed by atoms with Gasteiger partial charge in [-0.2, -0.15) is 5.10 Å². The molecule has 0 aromatic heterocycles. The summed E-state index contributed by atoms with van der Waals surface area (Å²) in [5.74, 6) is -0.395. The number of carbonyl (C=O) groups is 1. The Morgan fingerprint density at radius 3 is 2.94 bits per heavy atom. The maximum atomic E-state index is 13.4. The summed E-state index contributed by atoms with van der Waals surface area (Å²) in [6.07, 6.45) is 4.15. The van der Waals surface area contributed by atoms with Gasteiger partial charge in [0.05, 0.1) is 5.56 Å². The molecule has 18 heavy (non-hydrogen) atoms. The summed E-state index contributed by atoms with van der Waals surface area (Å²) >= 11 is 0. The quantitative estimate of drug-likeness (QED) is 0.803. The summed E-state index contributed by atoms with van der Waals surface area (Å²) in [6, 6.07) is 5.91. The Balaban J connectivity index is 2.00. The summed E-state index contributed by atoms with van der Waals surface area (Å²) in [5, 5.41) is 4.10. The van der Waals surface area contributed by atoms with E-state index in [0.717, 1.165) is 25.0 Å². The van der Waals surface area contributed by atoms with Crippen LogP contribution in [0.1, 0.15) is 43.0 Å². The number of carbonyl (C=O) groups excluding carboxylic acids is 1. The van der Waals surface area contributed by atoms with Crippen molar-refractivity contribution in [1.29, 1.82) is 0 Å². The molecule has 1 N–H and O–H groups in total. The SMILES string of the molecule is CC1CCCC(=NNC(=O)c2ccccc2F)C1. The van der Waals surface area contributed by atoms with E-state index in [9.17, 15) is 9.18 Å². The van der Waals surface area contributed by atoms with Gasteiger partial charge < -0.3 is 0 Å². The number of nitrogens with one attached hydrogen (secondary N) is 1. The van der Waals surface area contributed by atoms with Gasteiger partial charge >= 0.3 is 0 Å². The van der Waals surface area contributed by atoms with Crippen molar-refractivity contribution in [3.8, 4) is 0 Å². The average molecular weight is 248 g/mol. The van der Waals surface area contributed by atoms with E-state index in [4.69, 9.17) is 0 Å². The molecule has 96 valence electrons. The molecule has 0 spiro atoms. The first-order chi connectivity index (χ1) is 8.66. The number of hydrazone groups is 1. The van der Waals surface area contributed by atoms with Crippen LogP contribution in [0, 0.1) is 11.7 Å². The van der Waals surface area contributed by atoms with E-state index in [1.165, 1.54) is 18.6 Å². The van der Waals surface area contributed by atoms with E-state index in [1.54, 1.807) is 12.1 Å². The number of hydrogen-bond donors (Lipinski definition) is 1. The van der Waals surface area contributed by atoms with E-state index >= 15 is 0 Å². The second-order valence-corrected chi connectivity index (χ2v) is 4.80. The molecule has 1 saturated carbocycles. The van der Waals surface area contributed by atoms with Crippen LogP contribution in [-0.2, 0) is 0 Å². The molecule has 1 amide bonds. The first-order valence-electron chi connectivity index (χ1n) is 6.27. The Morgan fingerprint density at radius 1 is 1.44 bits per heavy atom. The number of benzene rings is 1. The van der Waals surface area contributed by atoms with Crippen LogP contribution in [0.25, 0.3) is 0 Å². The van der Waals surface area contributed by atoms with Gasteiger partial charge in [0.1, 0.15) is 5.82 Å². The highest BCUT2D eigenvalue weighted by Gasteiger charge is 2.15. The first-order valence-corrected chi connectivity index (χ1v) is 6.27. The second kappa shape index (κ2) is 5.76. The van der Waals surface area contributed by atoms with Crippen molar-refractivity contribution in [3.63, 3.8) is 0 Å². The van der Waals surface area contributed by atoms with Crippen LogP contribution in [0.5, 0.6) is 0 Å². The van der Waals surface area contributed by atoms with Crippen molar-refractivity contribution < 1.29 is 9.18 Å². The molecule has 1 aliphatic rings. The Bertz CT molecular complexity index is 471. The van der Waals surface area contributed by atoms with E-state index < -0.39 is 11.7 Å². The minimum Gasteiger partial charge on any atom is -0.267 e. The van der Waals surface area contributed by atoms with Gasteiger partial charge in [0.25, 0.3) is 5.91 Å². The highest BCUT2D eigenvalue weighted by molar-refractivity contribution is 5.95. The molecule has 4 heteroatoms. The fraction of sp³-hybridized carbons (Fsp3) is 0.429. The van der Waals surface area contributed by atoms with Gasteiger partial charge in [-0.05, 0) is 43.7 Å². The van der Waals surface area contributed by atoms with Crippen molar-refractivity contribution in [2.75, 3.05) is 0 Å². The minimum absolute atomic E-state index is 0.0331. The minimum atomic E-state index is -0.521. The average Bonchev–Trinajstić information content (AvgIpc) is 2.37. The van der Waals surface area contributed by atoms with Crippen molar-refractivity contribution in [2.24, 2.45) is 11.0 Å². The Hall–Kier alpha value is -1.71. The van der Waals surface area contributed by atoms with Crippen LogP contribution in [0.3, 0.4) is 0 Å². The molecular formula is C14H17FN2O. The van der Waals surface area contributed by atoms with Crippen molar-refractivity contribution in [2.45, 2.75) is 32.6 Å². The number of halogens is 1. The van der Waals surface area contributed by atoms with Crippen molar-refractivity contribution >= 4 is 11.6 Å². The topological polar surface area (TPSA) is 41.5 Å². The molecular weight excluding hydrogens is 231 g/mol. The smallest absolute Gasteiger partial charge is 0.267 e. The normalized spacial score (nSPS) is 21.9. The lowest BCUT2D eigenvalue weighted by atomic mass is 9.89. The molecule has 0 heterocycles. The lowest BCUT2D eigenvalue weighted by Gasteiger charge is -2.18. The molecule has 1 aromatic rings. The van der Waals surface area contributed by atoms with Crippen LogP contribution in [0.2, 0.25) is 0 Å². The number of hydrogen-bond acceptors (Lipinski definition) is 2. The van der Waals surface area contributed by atoms with E-state index in [-0.39, 0.29) is 5.56 Å². The molecule has 2 rings (SSSR count). The number of rotatable bonds is 2. The Labute approximate surface area is 106 Å². The monoisotopic (exact) mass is 248 g/mol. The molecule has 0 aliphatic heterocycles. The largest absolute Gasteiger partial charge is 0.274 e. The molecule has 1 fully saturated rings. The predicted molar refractivity (Wildman–Crippen MR) is 68.9 cm³/mol. The second-order valence-electron chi connectivity index (χ2n) is 4.80. The fourth-order valence-corrected chi connectivity index (χ4v) is 2.20. The Morgan fingerprint density at radius 2 is 2.22 bits per heavy atom. The summed E-state index contributed by atoms with van der Waals surface area (Å²) in [6.45, 7) is 2.17. The molecule has 1 unspecified atom stereocenters. The van der Waals surface area contributed by atoms with Gasteiger partial charge in [-0.1, -0.05) is 19.1 Å². The standard InChI is InChI=1S/C14H17FN2O/c1-10-5-4-6-11(9-10)16-17-14(18)12-7-2-3-8-13(12)15/h2-3,7-8,10H,4-6,9H2,1H3,(H,17,18). The molecule has 1 atom stereocenters. The first kappa shape index (κ1) is 12.7. The predicted octanol–water partition coefficient (Wildman–Crippen LogP) is 3.12. The maximum Gasteiger partial charge on any atom is 0.274 e. The summed E-state index contributed by atoms with van der Waals surface area (Å²) in [5.41, 5.74) is 3.47. The summed E-state index contributed by atoms with van der Waals surface area (Å²) < 4.78 is 13.4. The molecule has 3 nitrogen and oxygen atoms in total. The Kier molecular flexibility index (Phi) is 4.07. The third-order valence-electron chi connectivity index (χ3n) is 3.18. The molecule has 1 aliphatic carbocycles. The lowest BCUT2D eigenvalue weighted by Crippen LogP contribution is -2.23. The molecule has 0 saturated heterocycles. The third kappa shape index (κ3) is 3.15. The lowest BCUT2D eigenvalue weighted by molar-refractivity contribution is 0.0950. The fourth-order valence-electron chi connectivity index (χ4n) is 2.20. The van der Waals surface area contributed by atoms with Crippen LogP contribution in [0.4, 0.5) is 4.39 Å². The summed E-state index contributed by atoms with van der Waals surface area (Å²) in [7, 11) is 0. The zero-order valence-corrected chi connectivity index (χ0v) is 10.4. The molecule has 0 radical (unpaired) electrons. The maximum absolute atomic E-state index is 13.4. The van der Waals surface area contributed by atoms with Gasteiger partial charge in [-0.15, -0.1) is 0 Å². The van der Waals surface area contributed by atoms with E-state index in [0.29, 0.717) is 5.92 Å². The highest BCUT2D eigenvalue weighted by Crippen LogP contribution is 2.20. The van der Waals surface area contributed by atoms with Crippen LogP contribution < -0.4 is 5.43 Å². The van der Waals surface area contributed by atoms with Gasteiger partial charge in [0.15, 0.2) is 0 Å². The molecule has 1 aromatic carbocycles. The van der Waals surface area contributed by atoms with E-state index in [1.807, 2.05) is 0 Å². The van der Waals surface area contributed by atoms with Gasteiger partial charge in [0, 0.05) is 5.71 Å². The van der Waals surface area contributed by atoms with Gasteiger partial charge in [0.2, 0.25) is 0 Å². The highest BCUT2D eigenvalue weighted by atomic mass is 19.1.